The molecule has 0 aliphatic carbocycles. The van der Waals surface area contributed by atoms with E-state index < -0.39 is 11.9 Å². The van der Waals surface area contributed by atoms with Gasteiger partial charge in [0.2, 0.25) is 0 Å². The van der Waals surface area contributed by atoms with Crippen LogP contribution in [0.25, 0.3) is 0 Å². The number of nitrogens with zero attached hydrogens (tertiary/aromatic N) is 2. The van der Waals surface area contributed by atoms with Crippen LogP contribution in [-0.2, 0) is 15.3 Å². The van der Waals surface area contributed by atoms with Crippen LogP contribution in [0.15, 0.2) is 69.8 Å². The standard InChI is InChI=1S/C27H29FN4O3S/c1-15(2)35-26(34)21-16(3)29-24-23(22(21)17-10-12-19(13-11-17)32(4)5)25(33)31-27(30-24)36-14-18-8-6-7-9-20(18)28/h6-13,15,22H,14H2,1-5H3,(H2,29,30,31,33). The Kier molecular flexibility index (Phi) is 7.49. The smallest absolute Gasteiger partial charge is 0.337 e. The van der Waals surface area contributed by atoms with E-state index in [1.165, 1.54) is 17.8 Å². The van der Waals surface area contributed by atoms with Gasteiger partial charge >= 0.3 is 5.97 Å². The van der Waals surface area contributed by atoms with E-state index in [2.05, 4.69) is 15.3 Å². The third kappa shape index (κ3) is 5.31. The zero-order chi connectivity index (χ0) is 26.0. The summed E-state index contributed by atoms with van der Waals surface area (Å²) in [7, 11) is 3.89. The van der Waals surface area contributed by atoms with Crippen LogP contribution in [0.1, 0.15) is 43.4 Å². The molecule has 2 heterocycles. The van der Waals surface area contributed by atoms with Gasteiger partial charge in [-0.1, -0.05) is 42.1 Å². The number of ether oxygens (including phenoxy) is 1. The van der Waals surface area contributed by atoms with Crippen LogP contribution in [0.4, 0.5) is 15.9 Å². The molecule has 4 rings (SSSR count). The van der Waals surface area contributed by atoms with Gasteiger partial charge in [-0.2, -0.15) is 0 Å². The number of allylic oxidation sites excluding steroid dienone is 1. The van der Waals surface area contributed by atoms with E-state index in [1.807, 2.05) is 43.3 Å². The minimum absolute atomic E-state index is 0.309. The maximum absolute atomic E-state index is 14.1. The average Bonchev–Trinajstić information content (AvgIpc) is 2.82. The van der Waals surface area contributed by atoms with Crippen LogP contribution < -0.4 is 15.8 Å². The third-order valence-electron chi connectivity index (χ3n) is 5.85. The average molecular weight is 509 g/mol. The molecule has 1 aliphatic heterocycles. The molecule has 1 aliphatic rings. The fourth-order valence-electron chi connectivity index (χ4n) is 4.11. The van der Waals surface area contributed by atoms with E-state index in [0.29, 0.717) is 39.1 Å². The predicted octanol–water partition coefficient (Wildman–Crippen LogP) is 5.05. The topological polar surface area (TPSA) is 87.3 Å². The Morgan fingerprint density at radius 1 is 1.17 bits per heavy atom. The molecule has 0 fully saturated rings. The molecule has 9 heteroatoms. The minimum atomic E-state index is -0.661. The molecular weight excluding hydrogens is 479 g/mol. The maximum atomic E-state index is 14.1. The van der Waals surface area contributed by atoms with Crippen molar-refractivity contribution in [2.45, 2.75) is 43.7 Å². The van der Waals surface area contributed by atoms with Crippen molar-refractivity contribution in [1.82, 2.24) is 9.97 Å². The summed E-state index contributed by atoms with van der Waals surface area (Å²) in [5, 5.41) is 3.49. The van der Waals surface area contributed by atoms with Gasteiger partial charge in [0.15, 0.2) is 5.16 Å². The number of aromatic amines is 1. The number of fused-ring (bicyclic) bond motifs is 1. The van der Waals surface area contributed by atoms with Crippen molar-refractivity contribution in [3.05, 3.63) is 92.7 Å². The van der Waals surface area contributed by atoms with Crippen molar-refractivity contribution >= 4 is 29.2 Å². The quantitative estimate of drug-likeness (QED) is 0.262. The summed E-state index contributed by atoms with van der Waals surface area (Å²) in [6.07, 6.45) is -0.315. The van der Waals surface area contributed by atoms with E-state index in [9.17, 15) is 14.0 Å². The Hall–Kier alpha value is -3.59. The van der Waals surface area contributed by atoms with Crippen molar-refractivity contribution in [2.75, 3.05) is 24.3 Å². The number of benzene rings is 2. The first-order valence-corrected chi connectivity index (χ1v) is 12.6. The molecule has 0 bridgehead atoms. The lowest BCUT2D eigenvalue weighted by Gasteiger charge is -2.29. The number of carbonyl (C=O) groups excluding carboxylic acids is 1. The lowest BCUT2D eigenvalue weighted by Crippen LogP contribution is -2.31. The third-order valence-corrected chi connectivity index (χ3v) is 6.77. The predicted molar refractivity (Wildman–Crippen MR) is 141 cm³/mol. The fourth-order valence-corrected chi connectivity index (χ4v) is 4.95. The van der Waals surface area contributed by atoms with Crippen LogP contribution in [0.5, 0.6) is 0 Å². The second-order valence-electron chi connectivity index (χ2n) is 9.05. The van der Waals surface area contributed by atoms with Crippen molar-refractivity contribution in [3.8, 4) is 0 Å². The van der Waals surface area contributed by atoms with E-state index in [1.54, 1.807) is 39.0 Å². The number of H-pyrrole nitrogens is 1. The number of thioether (sulfide) groups is 1. The number of esters is 1. The number of rotatable bonds is 7. The van der Waals surface area contributed by atoms with Crippen LogP contribution in [-0.4, -0.2) is 36.1 Å². The van der Waals surface area contributed by atoms with Gasteiger partial charge in [-0.05, 0) is 50.1 Å². The van der Waals surface area contributed by atoms with Gasteiger partial charge in [0.05, 0.1) is 23.2 Å². The zero-order valence-corrected chi connectivity index (χ0v) is 21.7. The molecule has 1 unspecified atom stereocenters. The van der Waals surface area contributed by atoms with E-state index in [0.717, 1.165) is 11.3 Å². The molecule has 0 radical (unpaired) electrons. The van der Waals surface area contributed by atoms with Crippen molar-refractivity contribution in [3.63, 3.8) is 0 Å². The lowest BCUT2D eigenvalue weighted by atomic mass is 9.82. The summed E-state index contributed by atoms with van der Waals surface area (Å²) in [6.45, 7) is 5.34. The molecule has 3 aromatic rings. The first-order valence-electron chi connectivity index (χ1n) is 11.6. The summed E-state index contributed by atoms with van der Waals surface area (Å²) in [5.41, 5.74) is 3.19. The highest BCUT2D eigenvalue weighted by Crippen LogP contribution is 2.40. The molecule has 2 aromatic carbocycles. The largest absolute Gasteiger partial charge is 0.460 e. The van der Waals surface area contributed by atoms with Gasteiger partial charge < -0.3 is 19.9 Å². The molecule has 2 N–H and O–H groups in total. The highest BCUT2D eigenvalue weighted by Gasteiger charge is 2.36. The first kappa shape index (κ1) is 25.5. The van der Waals surface area contributed by atoms with Gasteiger partial charge in [0.25, 0.3) is 5.56 Å². The summed E-state index contributed by atoms with van der Waals surface area (Å²) < 4.78 is 19.6. The molecule has 0 saturated heterocycles. The maximum Gasteiger partial charge on any atom is 0.337 e. The second kappa shape index (κ2) is 10.6. The Morgan fingerprint density at radius 2 is 1.86 bits per heavy atom. The molecule has 0 amide bonds. The Balaban J connectivity index is 1.76. The Labute approximate surface area is 213 Å². The van der Waals surface area contributed by atoms with Gasteiger partial charge in [0, 0.05) is 31.2 Å². The number of anilines is 2. The molecular formula is C27H29FN4O3S. The van der Waals surface area contributed by atoms with Crippen molar-refractivity contribution in [2.24, 2.45) is 0 Å². The first-order chi connectivity index (χ1) is 17.2. The second-order valence-corrected chi connectivity index (χ2v) is 10.0. The molecule has 1 aromatic heterocycles. The highest BCUT2D eigenvalue weighted by atomic mass is 32.2. The summed E-state index contributed by atoms with van der Waals surface area (Å²) in [5.74, 6) is -0.776. The van der Waals surface area contributed by atoms with Crippen LogP contribution in [0, 0.1) is 5.82 Å². The van der Waals surface area contributed by atoms with E-state index in [-0.39, 0.29) is 17.5 Å². The van der Waals surface area contributed by atoms with Gasteiger partial charge in [-0.3, -0.25) is 4.79 Å². The van der Waals surface area contributed by atoms with Gasteiger partial charge in [0.1, 0.15) is 11.6 Å². The molecule has 0 saturated carbocycles. The summed E-state index contributed by atoms with van der Waals surface area (Å²) in [6, 6.07) is 14.2. The van der Waals surface area contributed by atoms with Gasteiger partial charge in [-0.25, -0.2) is 14.2 Å². The number of halogens is 1. The van der Waals surface area contributed by atoms with Gasteiger partial charge in [-0.15, -0.1) is 0 Å². The highest BCUT2D eigenvalue weighted by molar-refractivity contribution is 7.98. The molecule has 7 nitrogen and oxygen atoms in total. The molecule has 188 valence electrons. The Bertz CT molecular complexity index is 1370. The normalized spacial score (nSPS) is 14.9. The van der Waals surface area contributed by atoms with Crippen molar-refractivity contribution < 1.29 is 13.9 Å². The lowest BCUT2D eigenvalue weighted by molar-refractivity contribution is -0.143. The molecule has 36 heavy (non-hydrogen) atoms. The number of hydrogen-bond acceptors (Lipinski definition) is 7. The number of hydrogen-bond donors (Lipinski definition) is 2. The summed E-state index contributed by atoms with van der Waals surface area (Å²) >= 11 is 1.23. The molecule has 1 atom stereocenters. The van der Waals surface area contributed by atoms with Crippen molar-refractivity contribution in [1.29, 1.82) is 0 Å². The number of nitrogens with one attached hydrogen (secondary N) is 2. The minimum Gasteiger partial charge on any atom is -0.460 e. The van der Waals surface area contributed by atoms with Crippen LogP contribution in [0.2, 0.25) is 0 Å². The monoisotopic (exact) mass is 508 g/mol. The molecule has 0 spiro atoms. The van der Waals surface area contributed by atoms with Crippen LogP contribution in [0.3, 0.4) is 0 Å². The number of aromatic nitrogens is 2. The number of carbonyl (C=O) groups is 1. The van der Waals surface area contributed by atoms with E-state index >= 15 is 0 Å². The Morgan fingerprint density at radius 3 is 2.50 bits per heavy atom. The summed E-state index contributed by atoms with van der Waals surface area (Å²) in [4.78, 5) is 36.0. The SMILES string of the molecule is CC1=C(C(=O)OC(C)C)C(c2ccc(N(C)C)cc2)c2c(nc(SCc3ccccc3F)[nH]c2=O)N1. The zero-order valence-electron chi connectivity index (χ0n) is 20.9. The van der Waals surface area contributed by atoms with E-state index in [4.69, 9.17) is 4.74 Å². The fraction of sp³-hybridized carbons (Fsp3) is 0.296. The van der Waals surface area contributed by atoms with Crippen LogP contribution >= 0.6 is 11.8 Å².